The smallest absolute Gasteiger partial charge is 0.339 e. The van der Waals surface area contributed by atoms with Crippen LogP contribution in [0.5, 0.6) is 11.5 Å². The van der Waals surface area contributed by atoms with Crippen molar-refractivity contribution in [1.82, 2.24) is 0 Å². The van der Waals surface area contributed by atoms with Gasteiger partial charge < -0.3 is 19.0 Å². The molecular weight excluding hydrogens is 552 g/mol. The maximum Gasteiger partial charge on any atom is 0.339 e. The van der Waals surface area contributed by atoms with Crippen LogP contribution in [0.2, 0.25) is 0 Å². The molecule has 0 spiro atoms. The molecule has 0 fully saturated rings. The summed E-state index contributed by atoms with van der Waals surface area (Å²) in [4.78, 5) is 12.8. The van der Waals surface area contributed by atoms with Gasteiger partial charge in [-0.15, -0.1) is 0 Å². The van der Waals surface area contributed by atoms with Gasteiger partial charge in [0.05, 0.1) is 11.4 Å². The van der Waals surface area contributed by atoms with Gasteiger partial charge in [0, 0.05) is 0 Å². The number of carbonyl (C=O) groups is 1. The molecule has 0 aliphatic heterocycles. The zero-order chi connectivity index (χ0) is 28.2. The maximum absolute atomic E-state index is 13.0. The first-order valence-electron chi connectivity index (χ1n) is 11.9. The van der Waals surface area contributed by atoms with Gasteiger partial charge in [0.2, 0.25) is 0 Å². The van der Waals surface area contributed by atoms with Crippen molar-refractivity contribution in [2.24, 2.45) is 0 Å². The van der Waals surface area contributed by atoms with E-state index >= 15 is 0 Å². The lowest BCUT2D eigenvalue weighted by atomic mass is 10.1. The van der Waals surface area contributed by atoms with E-state index in [2.05, 4.69) is 10.6 Å². The van der Waals surface area contributed by atoms with Crippen LogP contribution in [-0.2, 0) is 20.2 Å². The first-order valence-corrected chi connectivity index (χ1v) is 14.7. The Bertz CT molecular complexity index is 1910. The molecule has 0 saturated heterocycles. The van der Waals surface area contributed by atoms with Gasteiger partial charge in [-0.3, -0.25) is 0 Å². The molecule has 5 aromatic carbocycles. The number of carbonyl (C=O) groups excluding carboxylic acids is 1. The molecule has 5 rings (SSSR count). The van der Waals surface area contributed by atoms with Crippen LogP contribution in [0.4, 0.5) is 16.2 Å². The summed E-state index contributed by atoms with van der Waals surface area (Å²) >= 11 is 0. The first kappa shape index (κ1) is 26.7. The van der Waals surface area contributed by atoms with Crippen molar-refractivity contribution in [2.75, 3.05) is 10.6 Å². The van der Waals surface area contributed by atoms with Gasteiger partial charge in [0.1, 0.15) is 9.79 Å². The van der Waals surface area contributed by atoms with Gasteiger partial charge in [0.25, 0.3) is 0 Å². The molecule has 40 heavy (non-hydrogen) atoms. The second kappa shape index (κ2) is 11.1. The summed E-state index contributed by atoms with van der Waals surface area (Å²) in [7, 11) is -8.39. The Balaban J connectivity index is 1.33. The van der Waals surface area contributed by atoms with E-state index in [9.17, 15) is 21.6 Å². The zero-order valence-corrected chi connectivity index (χ0v) is 22.4. The maximum atomic E-state index is 13.0. The number of amides is 2. The van der Waals surface area contributed by atoms with E-state index in [4.69, 9.17) is 8.37 Å². The van der Waals surface area contributed by atoms with Gasteiger partial charge in [-0.05, 0) is 59.3 Å². The summed E-state index contributed by atoms with van der Waals surface area (Å²) in [6, 6.07) is 30.8. The van der Waals surface area contributed by atoms with Gasteiger partial charge in [-0.25, -0.2) is 4.79 Å². The lowest BCUT2D eigenvalue weighted by Gasteiger charge is -2.15. The first-order chi connectivity index (χ1) is 19.2. The number of benzene rings is 5. The minimum atomic E-state index is -4.23. The third kappa shape index (κ3) is 6.06. The van der Waals surface area contributed by atoms with Crippen molar-refractivity contribution in [3.05, 3.63) is 121 Å². The fourth-order valence-electron chi connectivity index (χ4n) is 3.80. The van der Waals surface area contributed by atoms with Crippen LogP contribution in [0.1, 0.15) is 0 Å². The molecule has 202 valence electrons. The van der Waals surface area contributed by atoms with E-state index in [-0.39, 0.29) is 32.7 Å². The molecular formula is C29H22N2O7S2. The molecule has 0 aromatic heterocycles. The van der Waals surface area contributed by atoms with Gasteiger partial charge in [-0.2, -0.15) is 16.8 Å². The summed E-state index contributed by atoms with van der Waals surface area (Å²) in [5.74, 6) is -0.216. The SMILES string of the molecule is O=C(Nc1ccccc1OS(=O)(=O)c1ccccc1)Nc1ccccc1OS(=O)(=O)c1ccc2ccccc2c1. The molecule has 0 aliphatic carbocycles. The highest BCUT2D eigenvalue weighted by atomic mass is 32.2. The zero-order valence-electron chi connectivity index (χ0n) is 20.7. The number of urea groups is 1. The van der Waals surface area contributed by atoms with Crippen LogP contribution < -0.4 is 19.0 Å². The van der Waals surface area contributed by atoms with Crippen LogP contribution in [0, 0.1) is 0 Å². The topological polar surface area (TPSA) is 128 Å². The van der Waals surface area contributed by atoms with E-state index in [1.165, 1.54) is 48.5 Å². The van der Waals surface area contributed by atoms with Crippen molar-refractivity contribution < 1.29 is 30.0 Å². The van der Waals surface area contributed by atoms with Crippen molar-refractivity contribution in [2.45, 2.75) is 9.79 Å². The third-order valence-electron chi connectivity index (χ3n) is 5.71. The predicted molar refractivity (Wildman–Crippen MR) is 152 cm³/mol. The quantitative estimate of drug-likeness (QED) is 0.217. The van der Waals surface area contributed by atoms with Crippen LogP contribution in [-0.4, -0.2) is 22.9 Å². The molecule has 5 aromatic rings. The minimum absolute atomic E-state index is 0.0452. The van der Waals surface area contributed by atoms with Crippen LogP contribution in [0.25, 0.3) is 10.8 Å². The van der Waals surface area contributed by atoms with Crippen LogP contribution >= 0.6 is 0 Å². The van der Waals surface area contributed by atoms with E-state index < -0.39 is 26.3 Å². The number of anilines is 2. The Kier molecular flexibility index (Phi) is 7.41. The Morgan fingerprint density at radius 2 is 0.975 bits per heavy atom. The minimum Gasteiger partial charge on any atom is -0.377 e. The summed E-state index contributed by atoms with van der Waals surface area (Å²) in [5, 5.41) is 6.68. The molecule has 2 N–H and O–H groups in total. The number of hydrogen-bond donors (Lipinski definition) is 2. The monoisotopic (exact) mass is 574 g/mol. The normalized spacial score (nSPS) is 11.5. The van der Waals surface area contributed by atoms with Crippen molar-refractivity contribution in [3.8, 4) is 11.5 Å². The number of rotatable bonds is 8. The average Bonchev–Trinajstić information content (AvgIpc) is 2.95. The molecule has 0 heterocycles. The molecule has 11 heteroatoms. The predicted octanol–water partition coefficient (Wildman–Crippen LogP) is 6.02. The number of para-hydroxylation sites is 4. The van der Waals surface area contributed by atoms with Gasteiger partial charge in [0.15, 0.2) is 11.5 Å². The highest BCUT2D eigenvalue weighted by Gasteiger charge is 2.21. The van der Waals surface area contributed by atoms with E-state index in [0.717, 1.165) is 10.8 Å². The Labute approximate surface area is 231 Å². The molecule has 0 atom stereocenters. The molecule has 0 aliphatic rings. The highest BCUT2D eigenvalue weighted by Crippen LogP contribution is 2.30. The third-order valence-corrected chi connectivity index (χ3v) is 8.19. The Morgan fingerprint density at radius 3 is 1.57 bits per heavy atom. The fraction of sp³-hybridized carbons (Fsp3) is 0. The fourth-order valence-corrected chi connectivity index (χ4v) is 5.76. The largest absolute Gasteiger partial charge is 0.377 e. The van der Waals surface area contributed by atoms with Crippen LogP contribution in [0.3, 0.4) is 0 Å². The van der Waals surface area contributed by atoms with E-state index in [0.29, 0.717) is 0 Å². The Hall–Kier alpha value is -4.87. The second-order valence-corrected chi connectivity index (χ2v) is 11.6. The van der Waals surface area contributed by atoms with Gasteiger partial charge in [-0.1, -0.05) is 72.8 Å². The molecule has 0 radical (unpaired) electrons. The standard InChI is InChI=1S/C29H22N2O7S2/c32-29(30-25-14-6-8-16-27(25)37-39(33,34)23-12-2-1-3-13-23)31-26-15-7-9-17-28(26)38-40(35,36)24-19-18-21-10-4-5-11-22(21)20-24/h1-20H,(H2,30,31,32). The highest BCUT2D eigenvalue weighted by molar-refractivity contribution is 7.87. The summed E-state index contributed by atoms with van der Waals surface area (Å²) in [6.07, 6.45) is 0. The number of nitrogens with one attached hydrogen (secondary N) is 2. The van der Waals surface area contributed by atoms with E-state index in [1.54, 1.807) is 60.7 Å². The van der Waals surface area contributed by atoms with Crippen molar-refractivity contribution >= 4 is 48.4 Å². The lowest BCUT2D eigenvalue weighted by Crippen LogP contribution is -2.21. The molecule has 0 bridgehead atoms. The molecule has 0 saturated carbocycles. The summed E-state index contributed by atoms with van der Waals surface area (Å²) in [5.41, 5.74) is 0.140. The molecule has 0 unspecified atom stereocenters. The van der Waals surface area contributed by atoms with Crippen molar-refractivity contribution in [1.29, 1.82) is 0 Å². The summed E-state index contributed by atoms with van der Waals surface area (Å²) < 4.78 is 62.1. The lowest BCUT2D eigenvalue weighted by molar-refractivity contribution is 0.262. The molecule has 9 nitrogen and oxygen atoms in total. The van der Waals surface area contributed by atoms with Crippen molar-refractivity contribution in [3.63, 3.8) is 0 Å². The van der Waals surface area contributed by atoms with Gasteiger partial charge >= 0.3 is 26.3 Å². The summed E-state index contributed by atoms with van der Waals surface area (Å²) in [6.45, 7) is 0. The van der Waals surface area contributed by atoms with E-state index in [1.807, 2.05) is 12.1 Å². The molecule has 2 amide bonds. The number of fused-ring (bicyclic) bond motifs is 1. The Morgan fingerprint density at radius 1 is 0.500 bits per heavy atom. The van der Waals surface area contributed by atoms with Crippen LogP contribution in [0.15, 0.2) is 131 Å². The second-order valence-electron chi connectivity index (χ2n) is 8.47. The average molecular weight is 575 g/mol. The number of hydrogen-bond acceptors (Lipinski definition) is 7.